The van der Waals surface area contributed by atoms with E-state index in [1.807, 2.05) is 0 Å². The summed E-state index contributed by atoms with van der Waals surface area (Å²) in [6, 6.07) is 101. The second-order valence-corrected chi connectivity index (χ2v) is 22.9. The molecule has 0 spiro atoms. The van der Waals surface area contributed by atoms with Gasteiger partial charge in [0, 0.05) is 68.2 Å². The highest BCUT2D eigenvalue weighted by Crippen LogP contribution is 2.51. The van der Waals surface area contributed by atoms with Crippen molar-refractivity contribution in [1.29, 1.82) is 0 Å². The van der Waals surface area contributed by atoms with Crippen molar-refractivity contribution < 1.29 is 0 Å². The summed E-state index contributed by atoms with van der Waals surface area (Å²) in [5, 5.41) is 0. The second kappa shape index (κ2) is 18.0. The van der Waals surface area contributed by atoms with E-state index in [1.54, 1.807) is 0 Å². The van der Waals surface area contributed by atoms with Crippen molar-refractivity contribution in [1.82, 2.24) is 0 Å². The fourth-order valence-electron chi connectivity index (χ4n) is 15.2. The number of rotatable bonds is 6. The highest BCUT2D eigenvalue weighted by atomic mass is 15.2. The molecule has 5 heterocycles. The third-order valence-corrected chi connectivity index (χ3v) is 18.3. The maximum atomic E-state index is 2.70. The van der Waals surface area contributed by atoms with E-state index in [0.29, 0.717) is 0 Å². The topological polar surface area (TPSA) is 13.0 Å². The highest BCUT2D eigenvalue weighted by molar-refractivity contribution is 7.05. The van der Waals surface area contributed by atoms with Gasteiger partial charge in [-0.3, -0.25) is 0 Å². The third-order valence-electron chi connectivity index (χ3n) is 18.3. The van der Waals surface area contributed by atoms with Crippen LogP contribution in [0.5, 0.6) is 0 Å². The number of hydrogen-bond donors (Lipinski definition) is 0. The number of hydrogen-bond acceptors (Lipinski definition) is 4. The summed E-state index contributed by atoms with van der Waals surface area (Å²) < 4.78 is 0. The van der Waals surface area contributed by atoms with Gasteiger partial charge in [-0.05, 0) is 160 Å². The highest BCUT2D eigenvalue weighted by Gasteiger charge is 2.53. The Bertz CT molecular complexity index is 4570. The van der Waals surface area contributed by atoms with E-state index in [4.69, 9.17) is 0 Å². The van der Waals surface area contributed by atoms with Gasteiger partial charge in [0.1, 0.15) is 0 Å². The standard InChI is InChI=1S/C75H53B3N4/c1-48-41-49(2)72(50(3)42-48)77-59-34-20-21-35-64(59)79(55-27-13-6-14-28-55)68-46-69-63(45-62(68)77)78-61-40-38-54(52-25-11-5-12-26-52)44-67(61)82-66-43-53(51-23-9-4-10-24-51)37-39-60(66)76-58-33-19-22-36-65(58)80(56-29-15-7-16-30-56)70-47-71(74(78)75(82)73(70)76)81(69)57-31-17-8-18-32-57/h4-47H,1-3H3. The minimum atomic E-state index is -0.142. The largest absolute Gasteiger partial charge is 0.312 e. The lowest BCUT2D eigenvalue weighted by Gasteiger charge is -2.51. The Hall–Kier alpha value is -9.97. The molecule has 0 amide bonds. The Morgan fingerprint density at radius 3 is 1.04 bits per heavy atom. The van der Waals surface area contributed by atoms with Gasteiger partial charge in [-0.1, -0.05) is 216 Å². The van der Waals surface area contributed by atoms with Crippen molar-refractivity contribution in [2.24, 2.45) is 0 Å². The monoisotopic (exact) mass is 1040 g/mol. The number of para-hydroxylation sites is 5. The zero-order valence-electron chi connectivity index (χ0n) is 45.9. The molecule has 0 aromatic heterocycles. The molecule has 0 N–H and O–H groups in total. The molecule has 0 unspecified atom stereocenters. The van der Waals surface area contributed by atoms with Gasteiger partial charge in [-0.2, -0.15) is 0 Å². The van der Waals surface area contributed by atoms with Gasteiger partial charge in [-0.25, -0.2) is 0 Å². The first-order valence-electron chi connectivity index (χ1n) is 28.9. The van der Waals surface area contributed by atoms with Gasteiger partial charge in [0.15, 0.2) is 0 Å². The van der Waals surface area contributed by atoms with Gasteiger partial charge in [0.25, 0.3) is 13.4 Å². The minimum Gasteiger partial charge on any atom is -0.312 e. The Morgan fingerprint density at radius 2 is 0.573 bits per heavy atom. The molecule has 0 aliphatic carbocycles. The van der Waals surface area contributed by atoms with E-state index < -0.39 is 0 Å². The number of anilines is 12. The van der Waals surface area contributed by atoms with Gasteiger partial charge < -0.3 is 19.6 Å². The molecule has 12 aromatic carbocycles. The lowest BCUT2D eigenvalue weighted by molar-refractivity contribution is 1.22. The third kappa shape index (κ3) is 6.77. The number of benzene rings is 12. The molecule has 0 saturated heterocycles. The van der Waals surface area contributed by atoms with Crippen molar-refractivity contribution in [3.8, 4) is 22.3 Å². The molecular formula is C75H53B3N4. The number of nitrogens with zero attached hydrogens (tertiary/aromatic N) is 4. The summed E-state index contributed by atoms with van der Waals surface area (Å²) in [5.41, 5.74) is 34.8. The first-order chi connectivity index (χ1) is 40.5. The molecule has 0 bridgehead atoms. The zero-order chi connectivity index (χ0) is 54.3. The smallest absolute Gasteiger partial charge is 0.252 e. The average molecular weight is 1040 g/mol. The van der Waals surface area contributed by atoms with Crippen molar-refractivity contribution in [3.05, 3.63) is 284 Å². The Labute approximate surface area is 481 Å². The molecular weight excluding hydrogens is 989 g/mol. The minimum absolute atomic E-state index is 0.0332. The van der Waals surface area contributed by atoms with Crippen LogP contribution in [0.2, 0.25) is 0 Å². The molecule has 17 rings (SSSR count). The summed E-state index contributed by atoms with van der Waals surface area (Å²) in [6.45, 7) is 6.66. The predicted octanol–water partition coefficient (Wildman–Crippen LogP) is 12.9. The van der Waals surface area contributed by atoms with Crippen molar-refractivity contribution in [2.45, 2.75) is 20.8 Å². The van der Waals surface area contributed by atoms with Crippen LogP contribution in [0.15, 0.2) is 267 Å². The van der Waals surface area contributed by atoms with Gasteiger partial charge in [-0.15, -0.1) is 0 Å². The molecule has 0 saturated carbocycles. The lowest BCUT2D eigenvalue weighted by Crippen LogP contribution is -2.69. The lowest BCUT2D eigenvalue weighted by atomic mass is 9.28. The number of fused-ring (bicyclic) bond motifs is 12. The van der Waals surface area contributed by atoms with Crippen LogP contribution >= 0.6 is 0 Å². The molecule has 82 heavy (non-hydrogen) atoms. The van der Waals surface area contributed by atoms with Crippen LogP contribution in [0, 0.1) is 20.8 Å². The van der Waals surface area contributed by atoms with E-state index in [2.05, 4.69) is 307 Å². The predicted molar refractivity (Wildman–Crippen MR) is 351 cm³/mol. The van der Waals surface area contributed by atoms with E-state index in [-0.39, 0.29) is 20.1 Å². The van der Waals surface area contributed by atoms with Gasteiger partial charge in [0.05, 0.1) is 0 Å². The van der Waals surface area contributed by atoms with E-state index >= 15 is 0 Å². The van der Waals surface area contributed by atoms with Crippen LogP contribution in [-0.2, 0) is 0 Å². The molecule has 5 aliphatic rings. The van der Waals surface area contributed by atoms with E-state index in [9.17, 15) is 0 Å². The second-order valence-electron chi connectivity index (χ2n) is 22.9. The first kappa shape index (κ1) is 46.9. The molecule has 5 aliphatic heterocycles. The average Bonchev–Trinajstić information content (AvgIpc) is 1.65. The summed E-state index contributed by atoms with van der Waals surface area (Å²) >= 11 is 0. The van der Waals surface area contributed by atoms with Crippen molar-refractivity contribution in [2.75, 3.05) is 19.6 Å². The molecule has 7 heteroatoms. The molecule has 4 nitrogen and oxygen atoms in total. The zero-order valence-corrected chi connectivity index (χ0v) is 45.9. The summed E-state index contributed by atoms with van der Waals surface area (Å²) in [5.74, 6) is 0. The molecule has 12 aromatic rings. The molecule has 382 valence electrons. The summed E-state index contributed by atoms with van der Waals surface area (Å²) in [7, 11) is 0. The van der Waals surface area contributed by atoms with E-state index in [0.717, 1.165) is 17.1 Å². The van der Waals surface area contributed by atoms with Crippen LogP contribution in [0.1, 0.15) is 16.7 Å². The van der Waals surface area contributed by atoms with Crippen LogP contribution in [0.4, 0.5) is 68.2 Å². The summed E-state index contributed by atoms with van der Waals surface area (Å²) in [6.07, 6.45) is 0. The van der Waals surface area contributed by atoms with Crippen LogP contribution in [0.25, 0.3) is 22.3 Å². The molecule has 0 atom stereocenters. The maximum Gasteiger partial charge on any atom is 0.252 e. The maximum absolute atomic E-state index is 2.70. The quantitative estimate of drug-likeness (QED) is 0.154. The summed E-state index contributed by atoms with van der Waals surface area (Å²) in [4.78, 5) is 10.4. The molecule has 0 fully saturated rings. The fraction of sp³-hybridized carbons (Fsp3) is 0.0400. The Balaban J connectivity index is 1.04. The molecule has 0 radical (unpaired) electrons. The van der Waals surface area contributed by atoms with Crippen LogP contribution < -0.4 is 68.8 Å². The van der Waals surface area contributed by atoms with Crippen molar-refractivity contribution in [3.63, 3.8) is 0 Å². The van der Waals surface area contributed by atoms with Crippen molar-refractivity contribution >= 4 is 138 Å². The van der Waals surface area contributed by atoms with Crippen LogP contribution in [-0.4, -0.2) is 20.1 Å². The number of aryl methyl sites for hydroxylation is 3. The van der Waals surface area contributed by atoms with E-state index in [1.165, 1.54) is 139 Å². The van der Waals surface area contributed by atoms with Crippen LogP contribution in [0.3, 0.4) is 0 Å². The SMILES string of the molecule is Cc1cc(C)c(B2c3ccccc3N(c3ccccc3)c3cc4c(cc32)B2c3ccc(-c5ccccc5)cc3N3c5cc(-c6ccccc6)ccc5B5c6ccccc6N(c6ccccc6)c6cc(c2c3c65)N4c2ccccc2)c(C)c1. The Kier molecular flexibility index (Phi) is 10.3. The fourth-order valence-corrected chi connectivity index (χ4v) is 15.2. The normalized spacial score (nSPS) is 13.6. The van der Waals surface area contributed by atoms with Gasteiger partial charge in [0.2, 0.25) is 6.71 Å². The van der Waals surface area contributed by atoms with Gasteiger partial charge >= 0.3 is 0 Å². The Morgan fingerprint density at radius 1 is 0.232 bits per heavy atom. The first-order valence-corrected chi connectivity index (χ1v) is 28.9.